The Hall–Kier alpha value is -2.02. The van der Waals surface area contributed by atoms with Gasteiger partial charge in [-0.3, -0.25) is 4.79 Å². The molecule has 0 fully saturated rings. The lowest BCUT2D eigenvalue weighted by Crippen LogP contribution is -2.14. The number of nitrogen functional groups attached to an aromatic ring is 1. The van der Waals surface area contributed by atoms with Gasteiger partial charge in [0.1, 0.15) is 0 Å². The van der Waals surface area contributed by atoms with E-state index in [1.165, 1.54) is 11.8 Å². The average Bonchev–Trinajstić information content (AvgIpc) is 2.73. The first-order valence-corrected chi connectivity index (χ1v) is 6.29. The largest absolute Gasteiger partial charge is 0.368 e. The molecular weight excluding hydrogens is 250 g/mol. The maximum absolute atomic E-state index is 11.7. The van der Waals surface area contributed by atoms with Gasteiger partial charge in [0, 0.05) is 5.69 Å². The Kier molecular flexibility index (Phi) is 3.83. The molecule has 6 nitrogen and oxygen atoms in total. The molecule has 4 N–H and O–H groups in total. The molecule has 1 heterocycles. The van der Waals surface area contributed by atoms with Crippen LogP contribution in [0.2, 0.25) is 0 Å². The summed E-state index contributed by atoms with van der Waals surface area (Å²) < 4.78 is 0. The Morgan fingerprint density at radius 1 is 1.56 bits per heavy atom. The van der Waals surface area contributed by atoms with Crippen molar-refractivity contribution >= 4 is 29.3 Å². The lowest BCUT2D eigenvalue weighted by molar-refractivity contribution is -0.113. The Labute approximate surface area is 108 Å². The number of benzene rings is 1. The summed E-state index contributed by atoms with van der Waals surface area (Å²) >= 11 is 1.23. The van der Waals surface area contributed by atoms with Crippen molar-refractivity contribution in [2.75, 3.05) is 16.8 Å². The summed E-state index contributed by atoms with van der Waals surface area (Å²) in [6, 6.07) is 7.63. The van der Waals surface area contributed by atoms with E-state index in [4.69, 9.17) is 5.73 Å². The molecule has 0 aliphatic heterocycles. The number of aromatic nitrogens is 3. The predicted molar refractivity (Wildman–Crippen MR) is 71.3 cm³/mol. The maximum atomic E-state index is 11.7. The summed E-state index contributed by atoms with van der Waals surface area (Å²) in [5, 5.41) is 9.61. The minimum atomic E-state index is -0.103. The zero-order valence-corrected chi connectivity index (χ0v) is 10.6. The summed E-state index contributed by atoms with van der Waals surface area (Å²) in [6.45, 7) is 1.97. The van der Waals surface area contributed by atoms with Gasteiger partial charge >= 0.3 is 0 Å². The van der Waals surface area contributed by atoms with E-state index in [0.717, 1.165) is 11.3 Å². The maximum Gasteiger partial charge on any atom is 0.234 e. The first-order chi connectivity index (χ1) is 8.63. The van der Waals surface area contributed by atoms with Crippen LogP contribution in [0.15, 0.2) is 29.4 Å². The van der Waals surface area contributed by atoms with Gasteiger partial charge in [-0.15, -0.1) is 5.10 Å². The van der Waals surface area contributed by atoms with Gasteiger partial charge in [0.15, 0.2) is 0 Å². The fourth-order valence-electron chi connectivity index (χ4n) is 1.37. The summed E-state index contributed by atoms with van der Waals surface area (Å²) in [4.78, 5) is 15.6. The number of nitrogens with one attached hydrogen (secondary N) is 2. The Morgan fingerprint density at radius 3 is 3.06 bits per heavy atom. The normalized spacial score (nSPS) is 10.3. The molecule has 0 saturated heterocycles. The highest BCUT2D eigenvalue weighted by Gasteiger charge is 2.06. The number of amides is 1. The molecular formula is C11H13N5OS. The van der Waals surface area contributed by atoms with Crippen LogP contribution in [0.5, 0.6) is 0 Å². The van der Waals surface area contributed by atoms with Gasteiger partial charge in [0.25, 0.3) is 0 Å². The van der Waals surface area contributed by atoms with Crippen molar-refractivity contribution in [3.8, 4) is 0 Å². The van der Waals surface area contributed by atoms with Gasteiger partial charge in [-0.25, -0.2) is 5.10 Å². The molecule has 0 aliphatic rings. The zero-order valence-electron chi connectivity index (χ0n) is 9.80. The highest BCUT2D eigenvalue weighted by molar-refractivity contribution is 7.99. The molecule has 0 saturated carbocycles. The van der Waals surface area contributed by atoms with Crippen LogP contribution in [0.3, 0.4) is 0 Å². The number of carbonyl (C=O) groups excluding carboxylic acids is 1. The van der Waals surface area contributed by atoms with E-state index in [-0.39, 0.29) is 17.6 Å². The summed E-state index contributed by atoms with van der Waals surface area (Å²) in [7, 11) is 0. The van der Waals surface area contributed by atoms with Crippen molar-refractivity contribution in [1.29, 1.82) is 0 Å². The second kappa shape index (κ2) is 5.54. The van der Waals surface area contributed by atoms with Gasteiger partial charge < -0.3 is 11.1 Å². The van der Waals surface area contributed by atoms with Gasteiger partial charge in [-0.2, -0.15) is 4.98 Å². The standard InChI is InChI=1S/C11H13N5OS/c1-7-3-2-4-8(5-7)13-9(17)6-18-11-14-10(12)15-16-11/h2-5H,6H2,1H3,(H,13,17)(H3,12,14,15,16). The van der Waals surface area contributed by atoms with E-state index < -0.39 is 0 Å². The minimum Gasteiger partial charge on any atom is -0.368 e. The summed E-state index contributed by atoms with van der Waals surface area (Å²) in [6.07, 6.45) is 0. The summed E-state index contributed by atoms with van der Waals surface area (Å²) in [5.41, 5.74) is 7.27. The molecule has 0 radical (unpaired) electrons. The zero-order chi connectivity index (χ0) is 13.0. The summed E-state index contributed by atoms with van der Waals surface area (Å²) in [5.74, 6) is 0.385. The van der Waals surface area contributed by atoms with E-state index in [2.05, 4.69) is 20.5 Å². The number of carbonyl (C=O) groups is 1. The molecule has 1 amide bonds. The lowest BCUT2D eigenvalue weighted by Gasteiger charge is -2.04. The number of aryl methyl sites for hydroxylation is 1. The van der Waals surface area contributed by atoms with Crippen LogP contribution in [0.25, 0.3) is 0 Å². The second-order valence-corrected chi connectivity index (χ2v) is 4.65. The van der Waals surface area contributed by atoms with E-state index in [1.54, 1.807) is 0 Å². The van der Waals surface area contributed by atoms with E-state index in [9.17, 15) is 4.79 Å². The molecule has 1 aromatic carbocycles. The van der Waals surface area contributed by atoms with Gasteiger partial charge in [0.2, 0.25) is 17.0 Å². The number of anilines is 2. The second-order valence-electron chi connectivity index (χ2n) is 3.71. The third kappa shape index (κ3) is 3.49. The Balaban J connectivity index is 1.85. The molecule has 2 rings (SSSR count). The van der Waals surface area contributed by atoms with Crippen molar-refractivity contribution in [1.82, 2.24) is 15.2 Å². The first-order valence-electron chi connectivity index (χ1n) is 5.30. The fraction of sp³-hybridized carbons (Fsp3) is 0.182. The number of H-pyrrole nitrogens is 1. The third-order valence-electron chi connectivity index (χ3n) is 2.12. The number of thioether (sulfide) groups is 1. The average molecular weight is 263 g/mol. The smallest absolute Gasteiger partial charge is 0.234 e. The van der Waals surface area contributed by atoms with Crippen LogP contribution >= 0.6 is 11.8 Å². The van der Waals surface area contributed by atoms with E-state index in [0.29, 0.717) is 5.16 Å². The highest BCUT2D eigenvalue weighted by Crippen LogP contribution is 2.14. The van der Waals surface area contributed by atoms with Crippen LogP contribution in [-0.2, 0) is 4.79 Å². The fourth-order valence-corrected chi connectivity index (χ4v) is 1.98. The lowest BCUT2D eigenvalue weighted by atomic mass is 10.2. The molecule has 0 aliphatic carbocycles. The van der Waals surface area contributed by atoms with E-state index in [1.807, 2.05) is 31.2 Å². The van der Waals surface area contributed by atoms with Gasteiger partial charge in [0.05, 0.1) is 5.75 Å². The SMILES string of the molecule is Cc1cccc(NC(=O)CSc2n[nH]c(N)n2)c1. The number of nitrogens with two attached hydrogens (primary N) is 1. The van der Waals surface area contributed by atoms with Crippen molar-refractivity contribution in [3.63, 3.8) is 0 Å². The molecule has 0 atom stereocenters. The Bertz CT molecular complexity index is 554. The molecule has 0 unspecified atom stereocenters. The quantitative estimate of drug-likeness (QED) is 0.725. The topological polar surface area (TPSA) is 96.7 Å². The van der Waals surface area contributed by atoms with Crippen molar-refractivity contribution in [3.05, 3.63) is 29.8 Å². The molecule has 18 heavy (non-hydrogen) atoms. The monoisotopic (exact) mass is 263 g/mol. The number of aromatic amines is 1. The Morgan fingerprint density at radius 2 is 2.39 bits per heavy atom. The van der Waals surface area contributed by atoms with Crippen LogP contribution in [0.1, 0.15) is 5.56 Å². The predicted octanol–water partition coefficient (Wildman–Crippen LogP) is 1.43. The number of nitrogens with zero attached hydrogens (tertiary/aromatic N) is 2. The third-order valence-corrected chi connectivity index (χ3v) is 2.96. The van der Waals surface area contributed by atoms with E-state index >= 15 is 0 Å². The molecule has 1 aromatic heterocycles. The number of hydrogen-bond donors (Lipinski definition) is 3. The molecule has 0 spiro atoms. The van der Waals surface area contributed by atoms with Gasteiger partial charge in [-0.1, -0.05) is 23.9 Å². The van der Waals surface area contributed by atoms with Crippen LogP contribution in [-0.4, -0.2) is 26.8 Å². The molecule has 2 aromatic rings. The first kappa shape index (κ1) is 12.4. The number of rotatable bonds is 4. The highest BCUT2D eigenvalue weighted by atomic mass is 32.2. The van der Waals surface area contributed by atoms with Crippen LogP contribution in [0.4, 0.5) is 11.6 Å². The minimum absolute atomic E-state index is 0.103. The van der Waals surface area contributed by atoms with Crippen molar-refractivity contribution < 1.29 is 4.79 Å². The molecule has 94 valence electrons. The van der Waals surface area contributed by atoms with Crippen molar-refractivity contribution in [2.24, 2.45) is 0 Å². The van der Waals surface area contributed by atoms with Crippen molar-refractivity contribution in [2.45, 2.75) is 12.1 Å². The van der Waals surface area contributed by atoms with Crippen LogP contribution in [0, 0.1) is 6.92 Å². The molecule has 0 bridgehead atoms. The van der Waals surface area contributed by atoms with Gasteiger partial charge in [-0.05, 0) is 24.6 Å². The number of hydrogen-bond acceptors (Lipinski definition) is 5. The van der Waals surface area contributed by atoms with Crippen LogP contribution < -0.4 is 11.1 Å². The molecule has 7 heteroatoms.